The Bertz CT molecular complexity index is 322. The first-order chi connectivity index (χ1) is 7.61. The number of benzene rings is 1. The number of anilines is 1. The van der Waals surface area contributed by atoms with Crippen LogP contribution in [0.1, 0.15) is 33.3 Å². The van der Waals surface area contributed by atoms with Crippen LogP contribution in [-0.4, -0.2) is 13.1 Å². The molecule has 0 saturated carbocycles. The summed E-state index contributed by atoms with van der Waals surface area (Å²) >= 11 is 5.97. The summed E-state index contributed by atoms with van der Waals surface area (Å²) in [7, 11) is 0. The molecular formula is C13H21ClFN. The van der Waals surface area contributed by atoms with E-state index >= 15 is 0 Å². The van der Waals surface area contributed by atoms with Gasteiger partial charge in [0.15, 0.2) is 5.82 Å². The third kappa shape index (κ3) is 3.38. The second-order valence-corrected chi connectivity index (χ2v) is 3.61. The van der Waals surface area contributed by atoms with Crippen molar-refractivity contribution >= 4 is 17.3 Å². The predicted octanol–water partition coefficient (Wildman–Crippen LogP) is 4.66. The number of hydrogen-bond acceptors (Lipinski definition) is 1. The lowest BCUT2D eigenvalue weighted by Crippen LogP contribution is -2.23. The summed E-state index contributed by atoms with van der Waals surface area (Å²) in [4.78, 5) is 1.92. The van der Waals surface area contributed by atoms with Crippen LogP contribution in [0.3, 0.4) is 0 Å². The average Bonchev–Trinajstić information content (AvgIpc) is 2.32. The zero-order valence-corrected chi connectivity index (χ0v) is 11.5. The Morgan fingerprint density at radius 1 is 1.19 bits per heavy atom. The Hall–Kier alpha value is -0.760. The average molecular weight is 246 g/mol. The van der Waals surface area contributed by atoms with E-state index in [9.17, 15) is 4.39 Å². The molecule has 0 amide bonds. The molecule has 3 heteroatoms. The summed E-state index contributed by atoms with van der Waals surface area (Å²) in [5, 5.41) is 0.483. The van der Waals surface area contributed by atoms with Gasteiger partial charge in [0, 0.05) is 13.1 Å². The highest BCUT2D eigenvalue weighted by Crippen LogP contribution is 2.30. The first kappa shape index (κ1) is 15.2. The lowest BCUT2D eigenvalue weighted by atomic mass is 10.2. The highest BCUT2D eigenvalue weighted by atomic mass is 35.5. The van der Waals surface area contributed by atoms with E-state index in [1.807, 2.05) is 32.6 Å². The van der Waals surface area contributed by atoms with E-state index < -0.39 is 0 Å². The number of aryl methyl sites for hydroxylation is 1. The molecule has 0 aromatic heterocycles. The smallest absolute Gasteiger partial charge is 0.150 e. The number of nitrogens with zero attached hydrogens (tertiary/aromatic N) is 1. The molecule has 0 saturated heterocycles. The lowest BCUT2D eigenvalue weighted by Gasteiger charge is -2.23. The van der Waals surface area contributed by atoms with Gasteiger partial charge in [0.05, 0.1) is 10.7 Å². The number of halogens is 2. The minimum Gasteiger partial charge on any atom is -0.369 e. The Morgan fingerprint density at radius 2 is 1.69 bits per heavy atom. The third-order valence-corrected chi connectivity index (χ3v) is 2.64. The van der Waals surface area contributed by atoms with Crippen LogP contribution >= 0.6 is 11.6 Å². The fourth-order valence-electron chi connectivity index (χ4n) is 1.47. The first-order valence-electron chi connectivity index (χ1n) is 5.81. The second-order valence-electron chi connectivity index (χ2n) is 3.20. The molecule has 1 aromatic carbocycles. The van der Waals surface area contributed by atoms with Crippen LogP contribution in [0, 0.1) is 12.7 Å². The quantitative estimate of drug-likeness (QED) is 0.749. The molecule has 0 bridgehead atoms. The molecule has 0 aliphatic carbocycles. The molecule has 0 unspecified atom stereocenters. The van der Waals surface area contributed by atoms with E-state index in [-0.39, 0.29) is 5.82 Å². The Morgan fingerprint density at radius 3 is 2.12 bits per heavy atom. The van der Waals surface area contributed by atoms with Crippen LogP contribution in [-0.2, 0) is 0 Å². The van der Waals surface area contributed by atoms with E-state index in [4.69, 9.17) is 11.6 Å². The van der Waals surface area contributed by atoms with Gasteiger partial charge in [-0.15, -0.1) is 0 Å². The predicted molar refractivity (Wildman–Crippen MR) is 71.1 cm³/mol. The van der Waals surface area contributed by atoms with E-state index in [0.29, 0.717) is 16.3 Å². The molecule has 0 N–H and O–H groups in total. The normalized spacial score (nSPS) is 9.44. The van der Waals surface area contributed by atoms with Crippen molar-refractivity contribution in [2.24, 2.45) is 0 Å². The van der Waals surface area contributed by atoms with Crippen molar-refractivity contribution in [3.05, 3.63) is 28.5 Å². The zero-order chi connectivity index (χ0) is 12.7. The SMILES string of the molecule is CC.CCN(CC)c1c(Cl)ccc(C)c1F. The monoisotopic (exact) mass is 245 g/mol. The van der Waals surface area contributed by atoms with Crippen LogP contribution in [0.5, 0.6) is 0 Å². The molecule has 92 valence electrons. The van der Waals surface area contributed by atoms with Crippen LogP contribution in [0.4, 0.5) is 10.1 Å². The fraction of sp³-hybridized carbons (Fsp3) is 0.538. The van der Waals surface area contributed by atoms with Gasteiger partial charge in [-0.3, -0.25) is 0 Å². The molecule has 1 nitrogen and oxygen atoms in total. The molecule has 0 atom stereocenters. The van der Waals surface area contributed by atoms with Crippen LogP contribution in [0.25, 0.3) is 0 Å². The summed E-state index contributed by atoms with van der Waals surface area (Å²) in [5.74, 6) is -0.207. The van der Waals surface area contributed by atoms with E-state index in [2.05, 4.69) is 0 Å². The fourth-order valence-corrected chi connectivity index (χ4v) is 1.74. The molecule has 0 aliphatic rings. The minimum absolute atomic E-state index is 0.207. The molecule has 0 radical (unpaired) electrons. The highest BCUT2D eigenvalue weighted by Gasteiger charge is 2.14. The summed E-state index contributed by atoms with van der Waals surface area (Å²) in [6.07, 6.45) is 0. The van der Waals surface area contributed by atoms with Gasteiger partial charge in [-0.25, -0.2) is 4.39 Å². The van der Waals surface area contributed by atoms with Gasteiger partial charge in [-0.1, -0.05) is 31.5 Å². The second kappa shape index (κ2) is 7.50. The summed E-state index contributed by atoms with van der Waals surface area (Å²) < 4.78 is 13.8. The van der Waals surface area contributed by atoms with Crippen molar-refractivity contribution in [3.63, 3.8) is 0 Å². The molecular weight excluding hydrogens is 225 g/mol. The van der Waals surface area contributed by atoms with Crippen LogP contribution in [0.2, 0.25) is 5.02 Å². The molecule has 1 rings (SSSR count). The largest absolute Gasteiger partial charge is 0.369 e. The van der Waals surface area contributed by atoms with Gasteiger partial charge < -0.3 is 4.90 Å². The summed E-state index contributed by atoms with van der Waals surface area (Å²) in [6.45, 7) is 11.2. The van der Waals surface area contributed by atoms with Crippen molar-refractivity contribution in [1.82, 2.24) is 0 Å². The topological polar surface area (TPSA) is 3.24 Å². The number of rotatable bonds is 3. The molecule has 0 heterocycles. The van der Waals surface area contributed by atoms with Gasteiger partial charge in [0.1, 0.15) is 0 Å². The third-order valence-electron chi connectivity index (χ3n) is 2.34. The number of hydrogen-bond donors (Lipinski definition) is 0. The van der Waals surface area contributed by atoms with Crippen molar-refractivity contribution < 1.29 is 4.39 Å². The maximum Gasteiger partial charge on any atom is 0.150 e. The highest BCUT2D eigenvalue weighted by molar-refractivity contribution is 6.33. The Balaban J connectivity index is 0.00000106. The Kier molecular flexibility index (Phi) is 7.15. The molecule has 0 spiro atoms. The van der Waals surface area contributed by atoms with Gasteiger partial charge in [-0.2, -0.15) is 0 Å². The van der Waals surface area contributed by atoms with Gasteiger partial charge in [-0.05, 0) is 32.4 Å². The Labute approximate surface area is 103 Å². The zero-order valence-electron chi connectivity index (χ0n) is 10.8. The summed E-state index contributed by atoms with van der Waals surface area (Å²) in [6, 6.07) is 3.44. The lowest BCUT2D eigenvalue weighted by molar-refractivity contribution is 0.611. The van der Waals surface area contributed by atoms with Crippen molar-refractivity contribution in [2.45, 2.75) is 34.6 Å². The molecule has 0 aliphatic heterocycles. The van der Waals surface area contributed by atoms with E-state index in [1.54, 1.807) is 19.1 Å². The van der Waals surface area contributed by atoms with E-state index in [1.165, 1.54) is 0 Å². The molecule has 1 aromatic rings. The van der Waals surface area contributed by atoms with Gasteiger partial charge >= 0.3 is 0 Å². The van der Waals surface area contributed by atoms with Crippen LogP contribution in [0.15, 0.2) is 12.1 Å². The maximum atomic E-state index is 13.8. The summed E-state index contributed by atoms with van der Waals surface area (Å²) in [5.41, 5.74) is 1.16. The standard InChI is InChI=1S/C11H15ClFN.C2H6/c1-4-14(5-2)11-9(12)7-6-8(3)10(11)13;1-2/h6-7H,4-5H2,1-3H3;1-2H3. The van der Waals surface area contributed by atoms with Gasteiger partial charge in [0.25, 0.3) is 0 Å². The first-order valence-corrected chi connectivity index (χ1v) is 6.19. The molecule has 0 fully saturated rings. The van der Waals surface area contributed by atoms with Gasteiger partial charge in [0.2, 0.25) is 0 Å². The van der Waals surface area contributed by atoms with Crippen molar-refractivity contribution in [2.75, 3.05) is 18.0 Å². The molecule has 16 heavy (non-hydrogen) atoms. The minimum atomic E-state index is -0.207. The maximum absolute atomic E-state index is 13.8. The van der Waals surface area contributed by atoms with Crippen molar-refractivity contribution in [1.29, 1.82) is 0 Å². The van der Waals surface area contributed by atoms with Crippen molar-refractivity contribution in [3.8, 4) is 0 Å². The van der Waals surface area contributed by atoms with Crippen LogP contribution < -0.4 is 4.90 Å². The van der Waals surface area contributed by atoms with E-state index in [0.717, 1.165) is 13.1 Å².